The van der Waals surface area contributed by atoms with Crippen molar-refractivity contribution in [2.75, 3.05) is 0 Å². The van der Waals surface area contributed by atoms with Crippen LogP contribution in [0.1, 0.15) is 0 Å². The summed E-state index contributed by atoms with van der Waals surface area (Å²) in [5, 5.41) is 0. The third kappa shape index (κ3) is 1030. The first-order valence-corrected chi connectivity index (χ1v) is 10.1. The van der Waals surface area contributed by atoms with Crippen molar-refractivity contribution in [3.05, 3.63) is 0 Å². The molecule has 0 heterocycles. The van der Waals surface area contributed by atoms with Crippen molar-refractivity contribution in [2.45, 2.75) is 0 Å². The summed E-state index contributed by atoms with van der Waals surface area (Å²) in [6.07, 6.45) is 0. The fraction of sp³-hybridized carbons (Fsp3) is 0. The SMILES string of the molecule is [O]=[Hg](=[O])(=[O])=[O]. The molecule has 0 fully saturated rings. The van der Waals surface area contributed by atoms with E-state index in [1.807, 2.05) is 0 Å². The molecule has 0 amide bonds. The van der Waals surface area contributed by atoms with Crippen LogP contribution in [0, 0.1) is 0 Å². The van der Waals surface area contributed by atoms with Crippen LogP contribution in [-0.4, -0.2) is 0 Å². The van der Waals surface area contributed by atoms with Crippen LogP contribution in [0.15, 0.2) is 0 Å². The Balaban J connectivity index is 6.05. The predicted octanol–water partition coefficient (Wildman–Crippen LogP) is -0.478. The van der Waals surface area contributed by atoms with Crippen LogP contribution in [0.5, 0.6) is 0 Å². The molecule has 0 aromatic rings. The first-order valence-electron chi connectivity index (χ1n) is 1.15. The van der Waals surface area contributed by atoms with Crippen LogP contribution in [0.25, 0.3) is 0 Å². The van der Waals surface area contributed by atoms with Gasteiger partial charge in [0.25, 0.3) is 0 Å². The van der Waals surface area contributed by atoms with E-state index in [4.69, 9.17) is 10.6 Å². The molecule has 26 valence electrons. The van der Waals surface area contributed by atoms with E-state index in [0.29, 0.717) is 0 Å². The first-order chi connectivity index (χ1) is 2.00. The summed E-state index contributed by atoms with van der Waals surface area (Å²) < 4.78 is 34.7. The van der Waals surface area contributed by atoms with Gasteiger partial charge in [-0.2, -0.15) is 0 Å². The molecule has 0 aliphatic carbocycles. The molecule has 5 heavy (non-hydrogen) atoms. The van der Waals surface area contributed by atoms with Crippen LogP contribution < -0.4 is 0 Å². The quantitative estimate of drug-likeness (QED) is 0.554. The van der Waals surface area contributed by atoms with Crippen molar-refractivity contribution in [3.63, 3.8) is 0 Å². The molecule has 0 aromatic heterocycles. The van der Waals surface area contributed by atoms with Gasteiger partial charge in [-0.05, 0) is 0 Å². The molecule has 0 spiro atoms. The maximum absolute atomic E-state index is 8.67. The Hall–Kier alpha value is 0.135. The molecule has 5 heteroatoms. The summed E-state index contributed by atoms with van der Waals surface area (Å²) in [7, 11) is 0. The Kier molecular flexibility index (Phi) is 1.11. The Morgan fingerprint density at radius 1 is 0.800 bits per heavy atom. The molecule has 0 saturated carbocycles. The predicted molar refractivity (Wildman–Crippen MR) is 2.75 cm³/mol. The minimum atomic E-state index is -6.39. The van der Waals surface area contributed by atoms with E-state index in [1.54, 1.807) is 0 Å². The second-order valence-corrected chi connectivity index (χ2v) is 6.20. The molecular weight excluding hydrogens is 265 g/mol. The summed E-state index contributed by atoms with van der Waals surface area (Å²) in [6.45, 7) is 0. The number of hydrogen-bond acceptors (Lipinski definition) is 4. The Labute approximate surface area is 32.5 Å². The van der Waals surface area contributed by atoms with E-state index in [1.165, 1.54) is 0 Å². The van der Waals surface area contributed by atoms with Gasteiger partial charge in [0, 0.05) is 0 Å². The van der Waals surface area contributed by atoms with Crippen molar-refractivity contribution in [1.82, 2.24) is 0 Å². The molecule has 0 aromatic carbocycles. The van der Waals surface area contributed by atoms with Gasteiger partial charge in [-0.3, -0.25) is 0 Å². The van der Waals surface area contributed by atoms with Crippen molar-refractivity contribution < 1.29 is 32.1 Å². The summed E-state index contributed by atoms with van der Waals surface area (Å²) in [4.78, 5) is 0. The van der Waals surface area contributed by atoms with Crippen LogP contribution in [0.4, 0.5) is 0 Å². The summed E-state index contributed by atoms with van der Waals surface area (Å²) in [5.74, 6) is 0. The van der Waals surface area contributed by atoms with Gasteiger partial charge in [0.2, 0.25) is 0 Å². The van der Waals surface area contributed by atoms with Crippen LogP contribution in [0.3, 0.4) is 0 Å². The Morgan fingerprint density at radius 2 is 0.800 bits per heavy atom. The molecule has 0 rings (SSSR count). The van der Waals surface area contributed by atoms with E-state index in [9.17, 15) is 0 Å². The van der Waals surface area contributed by atoms with Crippen LogP contribution >= 0.6 is 0 Å². The van der Waals surface area contributed by atoms with Gasteiger partial charge in [0.05, 0.1) is 0 Å². The van der Waals surface area contributed by atoms with Crippen molar-refractivity contribution in [3.8, 4) is 0 Å². The van der Waals surface area contributed by atoms with E-state index in [0.717, 1.165) is 0 Å². The van der Waals surface area contributed by atoms with E-state index in [-0.39, 0.29) is 0 Å². The van der Waals surface area contributed by atoms with Gasteiger partial charge < -0.3 is 0 Å². The van der Waals surface area contributed by atoms with Crippen LogP contribution in [-0.2, 0) is 32.1 Å². The maximum atomic E-state index is 8.67. The summed E-state index contributed by atoms with van der Waals surface area (Å²) >= 11 is -6.39. The fourth-order valence-corrected chi connectivity index (χ4v) is 0. The van der Waals surface area contributed by atoms with Gasteiger partial charge in [0.1, 0.15) is 0 Å². The molecule has 0 saturated heterocycles. The molecule has 0 aliphatic rings. The van der Waals surface area contributed by atoms with E-state index < -0.39 is 21.5 Å². The number of hydrogen-bond donors (Lipinski definition) is 0. The molecule has 0 N–H and O–H groups in total. The van der Waals surface area contributed by atoms with E-state index >= 15 is 0 Å². The van der Waals surface area contributed by atoms with Gasteiger partial charge in [-0.1, -0.05) is 0 Å². The zero-order valence-corrected chi connectivity index (χ0v) is 7.84. The zero-order valence-electron chi connectivity index (χ0n) is 2.34. The molecule has 0 unspecified atom stereocenters. The van der Waals surface area contributed by atoms with E-state index in [2.05, 4.69) is 0 Å². The molecular formula is HgO4. The average molecular weight is 265 g/mol. The van der Waals surface area contributed by atoms with Crippen LogP contribution in [0.2, 0.25) is 0 Å². The standard InChI is InChI=1S/Hg.4O. The first kappa shape index (κ1) is 5.14. The zero-order chi connectivity index (χ0) is 4.50. The van der Waals surface area contributed by atoms with Gasteiger partial charge >= 0.3 is 32.1 Å². The van der Waals surface area contributed by atoms with Crippen molar-refractivity contribution >= 4 is 0 Å². The Morgan fingerprint density at radius 3 is 0.800 bits per heavy atom. The third-order valence-electron chi connectivity index (χ3n) is 0. The molecule has 0 bridgehead atoms. The fourth-order valence-electron chi connectivity index (χ4n) is 0. The monoisotopic (exact) mass is 266 g/mol. The Bertz CT molecular complexity index is 155. The second-order valence-electron chi connectivity index (χ2n) is 0.707. The molecule has 4 nitrogen and oxygen atoms in total. The topological polar surface area (TPSA) is 68.3 Å². The normalized spacial score (nSPS) is 14.4. The van der Waals surface area contributed by atoms with Crippen molar-refractivity contribution in [1.29, 1.82) is 0 Å². The second kappa shape index (κ2) is 1.08. The molecule has 0 radical (unpaired) electrons. The summed E-state index contributed by atoms with van der Waals surface area (Å²) in [6, 6.07) is 0. The van der Waals surface area contributed by atoms with Gasteiger partial charge in [-0.25, -0.2) is 0 Å². The van der Waals surface area contributed by atoms with Gasteiger partial charge in [0.15, 0.2) is 0 Å². The van der Waals surface area contributed by atoms with Crippen molar-refractivity contribution in [2.24, 2.45) is 0 Å². The average Bonchev–Trinajstić information content (AvgIpc) is 0.722. The third-order valence-corrected chi connectivity index (χ3v) is 0. The molecule has 0 aliphatic heterocycles. The minimum absolute atomic E-state index is 6.39. The number of rotatable bonds is 0. The molecule has 0 atom stereocenters. The summed E-state index contributed by atoms with van der Waals surface area (Å²) in [5.41, 5.74) is 0. The van der Waals surface area contributed by atoms with Gasteiger partial charge in [-0.15, -0.1) is 0 Å².